The SMILES string of the molecule is COCC(OC(=O)O)c1c(Br)cc(C#N)cc1[N+](=O)[O-]. The molecule has 0 aliphatic heterocycles. The van der Waals surface area contributed by atoms with E-state index >= 15 is 0 Å². The number of halogens is 1. The quantitative estimate of drug-likeness (QED) is 0.494. The zero-order valence-electron chi connectivity index (χ0n) is 10.2. The van der Waals surface area contributed by atoms with E-state index in [0.717, 1.165) is 6.07 Å². The van der Waals surface area contributed by atoms with E-state index in [9.17, 15) is 14.9 Å². The van der Waals surface area contributed by atoms with Crippen LogP contribution in [0.15, 0.2) is 16.6 Å². The molecule has 1 N–H and O–H groups in total. The molecule has 0 saturated carbocycles. The van der Waals surface area contributed by atoms with Crippen LogP contribution in [0.3, 0.4) is 0 Å². The zero-order chi connectivity index (χ0) is 15.3. The van der Waals surface area contributed by atoms with Crippen LogP contribution >= 0.6 is 15.9 Å². The van der Waals surface area contributed by atoms with Crippen molar-refractivity contribution in [3.8, 4) is 6.07 Å². The summed E-state index contributed by atoms with van der Waals surface area (Å²) in [5.41, 5.74) is -0.351. The molecule has 1 atom stereocenters. The van der Waals surface area contributed by atoms with Crippen LogP contribution in [0.25, 0.3) is 0 Å². The van der Waals surface area contributed by atoms with E-state index in [1.807, 2.05) is 0 Å². The number of nitriles is 1. The monoisotopic (exact) mass is 344 g/mol. The van der Waals surface area contributed by atoms with Gasteiger partial charge in [0.15, 0.2) is 6.10 Å². The molecule has 20 heavy (non-hydrogen) atoms. The maximum atomic E-state index is 11.1. The van der Waals surface area contributed by atoms with Gasteiger partial charge < -0.3 is 14.6 Å². The van der Waals surface area contributed by atoms with Crippen molar-refractivity contribution in [1.82, 2.24) is 0 Å². The average molecular weight is 345 g/mol. The number of rotatable bonds is 5. The molecule has 0 spiro atoms. The summed E-state index contributed by atoms with van der Waals surface area (Å²) in [4.78, 5) is 21.0. The van der Waals surface area contributed by atoms with Gasteiger partial charge in [-0.3, -0.25) is 10.1 Å². The fourth-order valence-electron chi connectivity index (χ4n) is 1.59. The smallest absolute Gasteiger partial charge is 0.450 e. The van der Waals surface area contributed by atoms with Crippen molar-refractivity contribution >= 4 is 27.8 Å². The van der Waals surface area contributed by atoms with Gasteiger partial charge in [0.05, 0.1) is 28.7 Å². The van der Waals surface area contributed by atoms with Crippen LogP contribution in [0.2, 0.25) is 0 Å². The Morgan fingerprint density at radius 1 is 1.65 bits per heavy atom. The Morgan fingerprint density at radius 3 is 2.75 bits per heavy atom. The van der Waals surface area contributed by atoms with Gasteiger partial charge in [0, 0.05) is 17.6 Å². The Labute approximate surface area is 121 Å². The zero-order valence-corrected chi connectivity index (χ0v) is 11.8. The molecule has 0 amide bonds. The summed E-state index contributed by atoms with van der Waals surface area (Å²) in [6.45, 7) is -0.197. The van der Waals surface area contributed by atoms with E-state index in [1.54, 1.807) is 6.07 Å². The van der Waals surface area contributed by atoms with Crippen LogP contribution in [-0.2, 0) is 9.47 Å². The second kappa shape index (κ2) is 6.83. The second-order valence-corrected chi connectivity index (χ2v) is 4.44. The van der Waals surface area contributed by atoms with Crippen LogP contribution in [0.4, 0.5) is 10.5 Å². The van der Waals surface area contributed by atoms with E-state index in [2.05, 4.69) is 20.7 Å². The fraction of sp³-hybridized carbons (Fsp3) is 0.273. The summed E-state index contributed by atoms with van der Waals surface area (Å²) in [5.74, 6) is 0. The van der Waals surface area contributed by atoms with Crippen molar-refractivity contribution < 1.29 is 24.3 Å². The van der Waals surface area contributed by atoms with E-state index < -0.39 is 22.9 Å². The van der Waals surface area contributed by atoms with Gasteiger partial charge in [0.1, 0.15) is 0 Å². The molecule has 1 rings (SSSR count). The van der Waals surface area contributed by atoms with Crippen LogP contribution in [0.5, 0.6) is 0 Å². The molecular formula is C11H9BrN2O6. The minimum absolute atomic E-state index is 0.00162. The molecule has 0 fully saturated rings. The lowest BCUT2D eigenvalue weighted by molar-refractivity contribution is -0.386. The van der Waals surface area contributed by atoms with Gasteiger partial charge in [-0.05, 0) is 6.07 Å². The van der Waals surface area contributed by atoms with Gasteiger partial charge in [-0.2, -0.15) is 5.26 Å². The normalized spacial score (nSPS) is 11.4. The van der Waals surface area contributed by atoms with Gasteiger partial charge in [-0.1, -0.05) is 15.9 Å². The molecule has 1 aromatic carbocycles. The lowest BCUT2D eigenvalue weighted by Gasteiger charge is -2.17. The van der Waals surface area contributed by atoms with Crippen molar-refractivity contribution in [1.29, 1.82) is 5.26 Å². The van der Waals surface area contributed by atoms with E-state index in [-0.39, 0.29) is 22.2 Å². The molecule has 8 nitrogen and oxygen atoms in total. The Balaban J connectivity index is 3.42. The predicted molar refractivity (Wildman–Crippen MR) is 69.2 cm³/mol. The number of hydrogen-bond donors (Lipinski definition) is 1. The topological polar surface area (TPSA) is 123 Å². The summed E-state index contributed by atoms with van der Waals surface area (Å²) < 4.78 is 9.61. The molecule has 106 valence electrons. The third-order valence-electron chi connectivity index (χ3n) is 2.32. The Kier molecular flexibility index (Phi) is 5.42. The molecule has 1 aromatic rings. The predicted octanol–water partition coefficient (Wildman–Crippen LogP) is 2.61. The summed E-state index contributed by atoms with van der Waals surface area (Å²) >= 11 is 3.08. The number of nitro benzene ring substituents is 1. The third-order valence-corrected chi connectivity index (χ3v) is 2.97. The van der Waals surface area contributed by atoms with E-state index in [4.69, 9.17) is 15.1 Å². The largest absolute Gasteiger partial charge is 0.506 e. The molecule has 0 radical (unpaired) electrons. The van der Waals surface area contributed by atoms with E-state index in [0.29, 0.717) is 0 Å². The number of carbonyl (C=O) groups is 1. The number of benzene rings is 1. The standard InChI is InChI=1S/C11H9BrN2O6/c1-19-5-9(20-11(15)16)10-7(12)2-6(4-13)3-8(10)14(17)18/h2-3,9H,5H2,1H3,(H,15,16). The number of hydrogen-bond acceptors (Lipinski definition) is 6. The number of methoxy groups -OCH3 is 1. The molecule has 0 aliphatic carbocycles. The number of nitrogens with zero attached hydrogens (tertiary/aromatic N) is 2. The molecule has 0 heterocycles. The van der Waals surface area contributed by atoms with Crippen LogP contribution < -0.4 is 0 Å². The van der Waals surface area contributed by atoms with Gasteiger partial charge in [-0.15, -0.1) is 0 Å². The maximum Gasteiger partial charge on any atom is 0.506 e. The van der Waals surface area contributed by atoms with Crippen LogP contribution in [-0.4, -0.2) is 29.9 Å². The van der Waals surface area contributed by atoms with Gasteiger partial charge in [0.2, 0.25) is 0 Å². The third kappa shape index (κ3) is 3.66. The van der Waals surface area contributed by atoms with Gasteiger partial charge >= 0.3 is 6.16 Å². The van der Waals surface area contributed by atoms with E-state index in [1.165, 1.54) is 13.2 Å². The van der Waals surface area contributed by atoms with Crippen molar-refractivity contribution in [2.45, 2.75) is 6.10 Å². The molecular weight excluding hydrogens is 336 g/mol. The van der Waals surface area contributed by atoms with Crippen LogP contribution in [0, 0.1) is 21.4 Å². The fourth-order valence-corrected chi connectivity index (χ4v) is 2.29. The number of nitro groups is 1. The Bertz CT molecular complexity index is 583. The summed E-state index contributed by atoms with van der Waals surface area (Å²) in [6.07, 6.45) is -2.77. The van der Waals surface area contributed by atoms with Crippen LogP contribution in [0.1, 0.15) is 17.2 Å². The molecule has 0 saturated heterocycles. The summed E-state index contributed by atoms with van der Waals surface area (Å²) in [5, 5.41) is 28.5. The summed E-state index contributed by atoms with van der Waals surface area (Å²) in [7, 11) is 1.31. The molecule has 0 aromatic heterocycles. The lowest BCUT2D eigenvalue weighted by Crippen LogP contribution is -2.16. The van der Waals surface area contributed by atoms with Gasteiger partial charge in [-0.25, -0.2) is 4.79 Å². The average Bonchev–Trinajstić information content (AvgIpc) is 2.36. The highest BCUT2D eigenvalue weighted by Gasteiger charge is 2.29. The van der Waals surface area contributed by atoms with Crippen molar-refractivity contribution in [2.24, 2.45) is 0 Å². The molecule has 1 unspecified atom stereocenters. The number of ether oxygens (including phenoxy) is 2. The minimum atomic E-state index is -1.59. The van der Waals surface area contributed by atoms with Gasteiger partial charge in [0.25, 0.3) is 5.69 Å². The summed E-state index contributed by atoms with van der Waals surface area (Å²) in [6, 6.07) is 4.17. The first kappa shape index (κ1) is 15.9. The Hall–Kier alpha value is -2.18. The molecule has 0 aliphatic rings. The minimum Gasteiger partial charge on any atom is -0.450 e. The number of carboxylic acid groups (broad SMARTS) is 1. The van der Waals surface area contributed by atoms with Crippen molar-refractivity contribution in [3.05, 3.63) is 37.8 Å². The lowest BCUT2D eigenvalue weighted by atomic mass is 10.0. The second-order valence-electron chi connectivity index (χ2n) is 3.59. The first-order valence-corrected chi connectivity index (χ1v) is 5.96. The highest BCUT2D eigenvalue weighted by molar-refractivity contribution is 9.10. The van der Waals surface area contributed by atoms with Crippen molar-refractivity contribution in [2.75, 3.05) is 13.7 Å². The first-order valence-electron chi connectivity index (χ1n) is 5.17. The maximum absolute atomic E-state index is 11.1. The Morgan fingerprint density at radius 2 is 2.30 bits per heavy atom. The molecule has 9 heteroatoms. The highest BCUT2D eigenvalue weighted by atomic mass is 79.9. The van der Waals surface area contributed by atoms with Crippen molar-refractivity contribution in [3.63, 3.8) is 0 Å². The highest BCUT2D eigenvalue weighted by Crippen LogP contribution is 2.35. The first-order chi connectivity index (χ1) is 9.40. The molecule has 0 bridgehead atoms.